The molecule has 12 saturated carbocycles. The zero-order chi connectivity index (χ0) is 98.0. The van der Waals surface area contributed by atoms with Gasteiger partial charge in [-0.15, -0.1) is 0 Å². The average molecular weight is 1860 g/mol. The SMILES string of the molecule is C=C(C)C(=O)OC12CC3CC(C1)CC(C(=O)OCC1CC(CC(=O)OC(C)(C)C)OC(C)(C)O1)(C3)C2.C=C(C)C(=O)OC12CC3CC(CC(OC(=O)OCC4CC(CC(=O)OC(C)(C)C)OC(C)(C)O4)(C3)C1)C2.C=C(C)C(=O)OC1C2CC3CC1CC(C(=O)OCC1CC(CC(=O)OC(C)(C)C)OC(C)(C)O1)(C3)C2.C=C(C)C(=O)OCC1CC(CC(=O)OC(C)(C)C)OC(C)(C)O1. The molecule has 16 rings (SSSR count). The van der Waals surface area contributed by atoms with Crippen molar-refractivity contribution in [1.29, 1.82) is 0 Å². The van der Waals surface area contributed by atoms with Crippen molar-refractivity contribution in [3.05, 3.63) is 48.6 Å². The Balaban J connectivity index is 0.000000185. The van der Waals surface area contributed by atoms with Crippen LogP contribution in [0.2, 0.25) is 0 Å². The predicted octanol–water partition coefficient (Wildman–Crippen LogP) is 16.9. The Bertz CT molecular complexity index is 4200. The summed E-state index contributed by atoms with van der Waals surface area (Å²) in [7, 11) is 0. The van der Waals surface area contributed by atoms with Crippen LogP contribution in [0.4, 0.5) is 4.79 Å². The van der Waals surface area contributed by atoms with Gasteiger partial charge in [0.2, 0.25) is 0 Å². The summed E-state index contributed by atoms with van der Waals surface area (Å²) in [5.74, 6) is -4.68. The second kappa shape index (κ2) is 41.1. The van der Waals surface area contributed by atoms with Gasteiger partial charge in [0.1, 0.15) is 71.7 Å². The minimum Gasteiger partial charge on any atom is -0.462 e. The number of ether oxygens (including phenoxy) is 20. The van der Waals surface area contributed by atoms with Crippen LogP contribution < -0.4 is 0 Å². The molecule has 744 valence electrons. The molecule has 12 aliphatic carbocycles. The first kappa shape index (κ1) is 107. The van der Waals surface area contributed by atoms with Crippen LogP contribution in [0.5, 0.6) is 0 Å². The Hall–Kier alpha value is -7.39. The van der Waals surface area contributed by atoms with Crippen LogP contribution in [-0.2, 0) is 143 Å². The fourth-order valence-corrected chi connectivity index (χ4v) is 23.5. The van der Waals surface area contributed by atoms with Crippen molar-refractivity contribution < 1.29 is 147 Å². The van der Waals surface area contributed by atoms with Crippen molar-refractivity contribution >= 4 is 65.8 Å². The fourth-order valence-electron chi connectivity index (χ4n) is 23.5. The summed E-state index contributed by atoms with van der Waals surface area (Å²) in [5.41, 5.74) is -3.80. The lowest BCUT2D eigenvalue weighted by atomic mass is 9.48. The minimum atomic E-state index is -0.942. The maximum absolute atomic E-state index is 13.5. The van der Waals surface area contributed by atoms with E-state index in [1.807, 2.05) is 83.1 Å². The van der Waals surface area contributed by atoms with Crippen LogP contribution in [0.3, 0.4) is 0 Å². The molecule has 14 unspecified atom stereocenters. The molecule has 0 amide bonds. The highest BCUT2D eigenvalue weighted by molar-refractivity contribution is 5.89. The molecular weight excluding hydrogens is 1710 g/mol. The molecule has 0 spiro atoms. The van der Waals surface area contributed by atoms with E-state index >= 15 is 0 Å². The summed E-state index contributed by atoms with van der Waals surface area (Å²) in [6.45, 7) is 57.6. The van der Waals surface area contributed by atoms with Gasteiger partial charge in [-0.1, -0.05) is 26.3 Å². The molecule has 0 aromatic carbocycles. The topological polar surface area (TPSA) is 372 Å². The van der Waals surface area contributed by atoms with Crippen LogP contribution in [0.1, 0.15) is 327 Å². The Kier molecular flexibility index (Phi) is 33.2. The van der Waals surface area contributed by atoms with Gasteiger partial charge in [0.05, 0.1) is 85.3 Å². The largest absolute Gasteiger partial charge is 0.508 e. The molecule has 16 aliphatic rings. The zero-order valence-corrected chi connectivity index (χ0v) is 83.2. The quantitative estimate of drug-likeness (QED) is 0.0441. The summed E-state index contributed by atoms with van der Waals surface area (Å²) < 4.78 is 115. The maximum atomic E-state index is 13.5. The maximum Gasteiger partial charge on any atom is 0.508 e. The standard InChI is InChI=1S/C28H42O9.2C28H42O8.C17H28O6/c1-17(2)23(30)36-27-11-18-8-19(12-27)14-28(13-18,16-27)37-24(31)32-15-21-9-20(33-26(6,7)34-21)10-22(29)35-25(3,4)5;1-17(2)23(30)36-28-13-18-8-19(14-28)12-27(11-18,16-28)24(31)32-15-21-9-20(33-26(6,7)34-21)10-22(29)35-25(3,4)5;1-16(2)24(30)33-23-18-8-17-9-19(23)14-28(12-17,13-18)25(31)32-15-21-10-20(34-27(6,7)35-21)11-22(29)36-26(3,4)5;1-11(2)15(19)20-10-13-8-12(21-17(6,7)22-13)9-14(18)23-16(3,4)5/h18-21H,1,8-16H2,2-7H3;18-21H,1,8-16H2,2-7H3;17-21,23H,1,8-15H2,2-7H3;12-13H,1,8-10H2,2-7H3. The summed E-state index contributed by atoms with van der Waals surface area (Å²) >= 11 is 0. The second-order valence-corrected chi connectivity index (χ2v) is 46.4. The van der Waals surface area contributed by atoms with Crippen molar-refractivity contribution in [2.75, 3.05) is 26.4 Å². The Morgan fingerprint density at radius 2 is 0.568 bits per heavy atom. The molecule has 31 nitrogen and oxygen atoms in total. The van der Waals surface area contributed by atoms with Gasteiger partial charge in [0.15, 0.2) is 23.1 Å². The molecule has 14 atom stereocenters. The van der Waals surface area contributed by atoms with Gasteiger partial charge in [0.25, 0.3) is 0 Å². The molecule has 12 bridgehead atoms. The van der Waals surface area contributed by atoms with E-state index < -0.39 is 110 Å². The van der Waals surface area contributed by atoms with E-state index in [0.717, 1.165) is 83.5 Å². The number of hydrogen-bond donors (Lipinski definition) is 0. The third-order valence-corrected chi connectivity index (χ3v) is 26.1. The number of carbonyl (C=O) groups excluding carboxylic acids is 11. The van der Waals surface area contributed by atoms with Gasteiger partial charge in [-0.2, -0.15) is 0 Å². The van der Waals surface area contributed by atoms with Crippen LogP contribution in [-0.4, -0.2) is 210 Å². The average Bonchev–Trinajstić information content (AvgIpc) is 0.722. The molecule has 16 fully saturated rings. The number of esters is 10. The van der Waals surface area contributed by atoms with Crippen LogP contribution in [0.15, 0.2) is 48.6 Å². The van der Waals surface area contributed by atoms with Crippen molar-refractivity contribution in [3.8, 4) is 0 Å². The van der Waals surface area contributed by atoms with Crippen molar-refractivity contribution in [2.45, 2.75) is 444 Å². The van der Waals surface area contributed by atoms with E-state index in [0.29, 0.717) is 103 Å². The van der Waals surface area contributed by atoms with Gasteiger partial charge in [-0.25, -0.2) is 24.0 Å². The summed E-state index contributed by atoms with van der Waals surface area (Å²) in [4.78, 5) is 137. The highest BCUT2D eigenvalue weighted by Gasteiger charge is 2.66. The second-order valence-electron chi connectivity index (χ2n) is 46.4. The zero-order valence-electron chi connectivity index (χ0n) is 83.2. The van der Waals surface area contributed by atoms with Gasteiger partial charge in [-0.3, -0.25) is 28.8 Å². The van der Waals surface area contributed by atoms with Gasteiger partial charge >= 0.3 is 65.8 Å². The van der Waals surface area contributed by atoms with Crippen LogP contribution in [0.25, 0.3) is 0 Å². The molecule has 0 radical (unpaired) electrons. The van der Waals surface area contributed by atoms with Gasteiger partial charge in [0, 0.05) is 60.8 Å². The third kappa shape index (κ3) is 30.8. The number of hydrogen-bond acceptors (Lipinski definition) is 31. The van der Waals surface area contributed by atoms with E-state index in [2.05, 4.69) is 26.3 Å². The van der Waals surface area contributed by atoms with Crippen molar-refractivity contribution in [1.82, 2.24) is 0 Å². The van der Waals surface area contributed by atoms with Gasteiger partial charge < -0.3 is 94.7 Å². The first-order valence-corrected chi connectivity index (χ1v) is 47.6. The van der Waals surface area contributed by atoms with E-state index in [1.54, 1.807) is 83.1 Å². The molecule has 0 aromatic heterocycles. The normalized spacial score (nSPS) is 34.3. The monoisotopic (exact) mass is 1860 g/mol. The molecule has 4 saturated heterocycles. The van der Waals surface area contributed by atoms with E-state index in [4.69, 9.17) is 94.7 Å². The minimum absolute atomic E-state index is 0.0187. The Labute approximate surface area is 780 Å². The fraction of sp³-hybridized carbons (Fsp3) is 0.812. The number of rotatable bonds is 26. The lowest BCUT2D eigenvalue weighted by Crippen LogP contribution is -2.61. The van der Waals surface area contributed by atoms with E-state index in [9.17, 15) is 52.7 Å². The summed E-state index contributed by atoms with van der Waals surface area (Å²) in [6, 6.07) is 0. The van der Waals surface area contributed by atoms with Crippen LogP contribution >= 0.6 is 0 Å². The third-order valence-electron chi connectivity index (χ3n) is 26.1. The number of carbonyl (C=O) groups is 11. The highest BCUT2D eigenvalue weighted by atomic mass is 16.8. The first-order chi connectivity index (χ1) is 60.6. The smallest absolute Gasteiger partial charge is 0.462 e. The summed E-state index contributed by atoms with van der Waals surface area (Å²) in [5, 5.41) is 0. The van der Waals surface area contributed by atoms with E-state index in [1.165, 1.54) is 0 Å². The molecule has 4 heterocycles. The first-order valence-electron chi connectivity index (χ1n) is 47.6. The molecular formula is C101H154O31. The summed E-state index contributed by atoms with van der Waals surface area (Å²) in [6.07, 6.45) is 11.7. The van der Waals surface area contributed by atoms with Gasteiger partial charge in [-0.05, 0) is 304 Å². The molecule has 132 heavy (non-hydrogen) atoms. The van der Waals surface area contributed by atoms with Crippen molar-refractivity contribution in [3.63, 3.8) is 0 Å². The van der Waals surface area contributed by atoms with E-state index in [-0.39, 0.29) is 148 Å². The molecule has 31 heteroatoms. The predicted molar refractivity (Wildman–Crippen MR) is 478 cm³/mol. The molecule has 4 aliphatic heterocycles. The lowest BCUT2D eigenvalue weighted by Gasteiger charge is -2.59. The highest BCUT2D eigenvalue weighted by Crippen LogP contribution is 2.65. The Morgan fingerprint density at radius 3 is 0.886 bits per heavy atom. The Morgan fingerprint density at radius 1 is 0.295 bits per heavy atom. The molecule has 0 N–H and O–H groups in total. The lowest BCUT2D eigenvalue weighted by molar-refractivity contribution is -0.306. The van der Waals surface area contributed by atoms with Crippen LogP contribution in [0, 0.1) is 52.3 Å². The molecule has 0 aromatic rings. The van der Waals surface area contributed by atoms with Crippen molar-refractivity contribution in [2.24, 2.45) is 52.3 Å².